The zero-order valence-corrected chi connectivity index (χ0v) is 14.2. The van der Waals surface area contributed by atoms with Crippen LogP contribution in [-0.4, -0.2) is 26.2 Å². The van der Waals surface area contributed by atoms with Crippen LogP contribution < -0.4 is 5.32 Å². The number of rotatable bonds is 5. The lowest BCUT2D eigenvalue weighted by Gasteiger charge is -2.28. The maximum atomic E-state index is 12.6. The van der Waals surface area contributed by atoms with Crippen molar-refractivity contribution in [2.45, 2.75) is 39.5 Å². The molecule has 1 fully saturated rings. The van der Waals surface area contributed by atoms with Crippen molar-refractivity contribution in [3.8, 4) is 0 Å². The first-order valence-corrected chi connectivity index (χ1v) is 8.32. The molecule has 4 heteroatoms. The molecule has 1 aromatic carbocycles. The van der Waals surface area contributed by atoms with Crippen molar-refractivity contribution in [2.75, 3.05) is 20.3 Å². The Balaban J connectivity index is 1.77. The topological polar surface area (TPSA) is 51.5 Å². The quantitative estimate of drug-likeness (QED) is 0.908. The number of aryl methyl sites for hydroxylation is 2. The molecule has 0 aliphatic heterocycles. The highest BCUT2D eigenvalue weighted by atomic mass is 16.5. The summed E-state index contributed by atoms with van der Waals surface area (Å²) >= 11 is 0. The molecule has 3 rings (SSSR count). The van der Waals surface area contributed by atoms with E-state index in [-0.39, 0.29) is 11.3 Å². The Morgan fingerprint density at radius 3 is 2.74 bits per heavy atom. The van der Waals surface area contributed by atoms with Crippen LogP contribution in [0.3, 0.4) is 0 Å². The lowest BCUT2D eigenvalue weighted by Crippen LogP contribution is -2.38. The molecule has 1 heterocycles. The van der Waals surface area contributed by atoms with E-state index in [1.807, 2.05) is 32.0 Å². The second-order valence-electron chi connectivity index (χ2n) is 6.88. The van der Waals surface area contributed by atoms with Crippen molar-refractivity contribution in [2.24, 2.45) is 5.41 Å². The number of methoxy groups -OCH3 is 1. The van der Waals surface area contributed by atoms with Gasteiger partial charge >= 0.3 is 0 Å². The summed E-state index contributed by atoms with van der Waals surface area (Å²) in [6, 6.07) is 6.03. The summed E-state index contributed by atoms with van der Waals surface area (Å²) in [4.78, 5) is 12.6. The first-order chi connectivity index (χ1) is 11.0. The van der Waals surface area contributed by atoms with E-state index in [2.05, 4.69) is 5.32 Å². The minimum Gasteiger partial charge on any atom is -0.451 e. The molecule has 124 valence electrons. The SMILES string of the molecule is COCC1(CNC(=O)c2oc3cc(C)ccc3c2C)CCCC1. The molecular weight excluding hydrogens is 290 g/mol. The lowest BCUT2D eigenvalue weighted by atomic mass is 9.87. The molecule has 23 heavy (non-hydrogen) atoms. The van der Waals surface area contributed by atoms with Gasteiger partial charge in [0.2, 0.25) is 0 Å². The van der Waals surface area contributed by atoms with Crippen LogP contribution in [0.5, 0.6) is 0 Å². The van der Waals surface area contributed by atoms with Crippen LogP contribution in [0.15, 0.2) is 22.6 Å². The Bertz CT molecular complexity index is 711. The molecule has 0 atom stereocenters. The Labute approximate surface area is 137 Å². The van der Waals surface area contributed by atoms with Crippen LogP contribution in [0, 0.1) is 19.3 Å². The predicted octanol–water partition coefficient (Wildman–Crippen LogP) is 3.99. The number of hydrogen-bond donors (Lipinski definition) is 1. The van der Waals surface area contributed by atoms with Gasteiger partial charge in [-0.2, -0.15) is 0 Å². The van der Waals surface area contributed by atoms with Gasteiger partial charge in [-0.05, 0) is 38.3 Å². The summed E-state index contributed by atoms with van der Waals surface area (Å²) in [5.41, 5.74) is 2.90. The summed E-state index contributed by atoms with van der Waals surface area (Å²) in [5, 5.41) is 4.08. The van der Waals surface area contributed by atoms with E-state index in [1.165, 1.54) is 12.8 Å². The summed E-state index contributed by atoms with van der Waals surface area (Å²) in [6.07, 6.45) is 4.64. The second kappa shape index (κ2) is 6.36. The number of carbonyl (C=O) groups is 1. The average molecular weight is 315 g/mol. The molecule has 1 amide bonds. The maximum Gasteiger partial charge on any atom is 0.287 e. The molecule has 0 spiro atoms. The molecular formula is C19H25NO3. The molecule has 1 N–H and O–H groups in total. The Morgan fingerprint density at radius 1 is 1.30 bits per heavy atom. The average Bonchev–Trinajstić information content (AvgIpc) is 3.11. The minimum atomic E-state index is -0.126. The summed E-state index contributed by atoms with van der Waals surface area (Å²) in [6.45, 7) is 5.31. The van der Waals surface area contributed by atoms with Gasteiger partial charge in [0.05, 0.1) is 6.61 Å². The highest BCUT2D eigenvalue weighted by Gasteiger charge is 2.34. The third-order valence-electron chi connectivity index (χ3n) is 5.04. The highest BCUT2D eigenvalue weighted by Crippen LogP contribution is 2.37. The minimum absolute atomic E-state index is 0.0842. The number of fused-ring (bicyclic) bond motifs is 1. The van der Waals surface area contributed by atoms with E-state index in [0.29, 0.717) is 18.9 Å². The monoisotopic (exact) mass is 315 g/mol. The van der Waals surface area contributed by atoms with Gasteiger partial charge in [-0.15, -0.1) is 0 Å². The number of hydrogen-bond acceptors (Lipinski definition) is 3. The lowest BCUT2D eigenvalue weighted by molar-refractivity contribution is 0.0728. The standard InChI is InChI=1S/C19H25NO3/c1-13-6-7-15-14(2)17(23-16(15)10-13)18(21)20-11-19(12-22-3)8-4-5-9-19/h6-7,10H,4-5,8-9,11-12H2,1-3H3,(H,20,21). The van der Waals surface area contributed by atoms with Crippen molar-refractivity contribution in [3.63, 3.8) is 0 Å². The van der Waals surface area contributed by atoms with Crippen molar-refractivity contribution >= 4 is 16.9 Å². The first kappa shape index (κ1) is 16.1. The largest absolute Gasteiger partial charge is 0.451 e. The molecule has 0 bridgehead atoms. The number of nitrogens with one attached hydrogen (secondary N) is 1. The van der Waals surface area contributed by atoms with Crippen LogP contribution in [0.1, 0.15) is 47.4 Å². The molecule has 0 unspecified atom stereocenters. The molecule has 1 aliphatic carbocycles. The fourth-order valence-corrected chi connectivity index (χ4v) is 3.70. The molecule has 4 nitrogen and oxygen atoms in total. The normalized spacial score (nSPS) is 16.8. The van der Waals surface area contributed by atoms with E-state index in [0.717, 1.165) is 34.9 Å². The van der Waals surface area contributed by atoms with Crippen molar-refractivity contribution in [1.29, 1.82) is 0 Å². The van der Waals surface area contributed by atoms with Crippen molar-refractivity contribution in [3.05, 3.63) is 35.1 Å². The Morgan fingerprint density at radius 2 is 2.04 bits per heavy atom. The van der Waals surface area contributed by atoms with Crippen LogP contribution in [0.4, 0.5) is 0 Å². The van der Waals surface area contributed by atoms with Gasteiger partial charge in [-0.1, -0.05) is 25.0 Å². The second-order valence-corrected chi connectivity index (χ2v) is 6.88. The number of furan rings is 1. The van der Waals surface area contributed by atoms with E-state index in [1.54, 1.807) is 7.11 Å². The Hall–Kier alpha value is -1.81. The summed E-state index contributed by atoms with van der Waals surface area (Å²) < 4.78 is 11.2. The smallest absolute Gasteiger partial charge is 0.287 e. The fraction of sp³-hybridized carbons (Fsp3) is 0.526. The molecule has 1 aromatic heterocycles. The molecule has 2 aromatic rings. The summed E-state index contributed by atoms with van der Waals surface area (Å²) in [7, 11) is 1.73. The van der Waals surface area contributed by atoms with Crippen molar-refractivity contribution in [1.82, 2.24) is 5.32 Å². The zero-order chi connectivity index (χ0) is 16.4. The van der Waals surface area contributed by atoms with Gasteiger partial charge in [-0.25, -0.2) is 0 Å². The van der Waals surface area contributed by atoms with Gasteiger partial charge in [0.15, 0.2) is 5.76 Å². The van der Waals surface area contributed by atoms with Gasteiger partial charge in [-0.3, -0.25) is 4.79 Å². The third-order valence-corrected chi connectivity index (χ3v) is 5.04. The van der Waals surface area contributed by atoms with E-state index >= 15 is 0 Å². The van der Waals surface area contributed by atoms with E-state index in [4.69, 9.17) is 9.15 Å². The molecule has 1 aliphatic rings. The van der Waals surface area contributed by atoms with Crippen molar-refractivity contribution < 1.29 is 13.9 Å². The first-order valence-electron chi connectivity index (χ1n) is 8.32. The van der Waals surface area contributed by atoms with E-state index in [9.17, 15) is 4.79 Å². The maximum absolute atomic E-state index is 12.6. The molecule has 0 radical (unpaired) electrons. The predicted molar refractivity (Wildman–Crippen MR) is 90.8 cm³/mol. The number of carbonyl (C=O) groups excluding carboxylic acids is 1. The van der Waals surface area contributed by atoms with Crippen LogP contribution in [-0.2, 0) is 4.74 Å². The summed E-state index contributed by atoms with van der Waals surface area (Å²) in [5.74, 6) is 0.301. The molecule has 0 saturated heterocycles. The van der Waals surface area contributed by atoms with Gasteiger partial charge in [0.1, 0.15) is 5.58 Å². The fourth-order valence-electron chi connectivity index (χ4n) is 3.70. The Kier molecular flexibility index (Phi) is 4.44. The number of ether oxygens (including phenoxy) is 1. The highest BCUT2D eigenvalue weighted by molar-refractivity contribution is 5.99. The van der Waals surface area contributed by atoms with Gasteiger partial charge in [0.25, 0.3) is 5.91 Å². The molecule has 1 saturated carbocycles. The van der Waals surface area contributed by atoms with Crippen LogP contribution in [0.25, 0.3) is 11.0 Å². The van der Waals surface area contributed by atoms with Gasteiger partial charge in [0, 0.05) is 30.0 Å². The van der Waals surface area contributed by atoms with Gasteiger partial charge < -0.3 is 14.5 Å². The third kappa shape index (κ3) is 3.13. The zero-order valence-electron chi connectivity index (χ0n) is 14.2. The number of amides is 1. The van der Waals surface area contributed by atoms with Crippen LogP contribution in [0.2, 0.25) is 0 Å². The van der Waals surface area contributed by atoms with E-state index < -0.39 is 0 Å². The number of benzene rings is 1. The van der Waals surface area contributed by atoms with Crippen LogP contribution >= 0.6 is 0 Å².